The van der Waals surface area contributed by atoms with E-state index < -0.39 is 0 Å². The third-order valence-electron chi connectivity index (χ3n) is 3.77. The summed E-state index contributed by atoms with van der Waals surface area (Å²) < 4.78 is 4.88. The first-order valence-corrected chi connectivity index (χ1v) is 7.14. The predicted octanol–water partition coefficient (Wildman–Crippen LogP) is 3.71. The van der Waals surface area contributed by atoms with Gasteiger partial charge in [-0.25, -0.2) is 0 Å². The van der Waals surface area contributed by atoms with Gasteiger partial charge in [-0.15, -0.1) is 0 Å². The molecule has 2 aromatic heterocycles. The van der Waals surface area contributed by atoms with Gasteiger partial charge in [-0.1, -0.05) is 28.1 Å². The van der Waals surface area contributed by atoms with Crippen molar-refractivity contribution >= 4 is 43.4 Å². The molecule has 2 heterocycles. The van der Waals surface area contributed by atoms with Crippen LogP contribution in [0.15, 0.2) is 57.8 Å². The molecule has 0 atom stereocenters. The Balaban J connectivity index is 2.42. The van der Waals surface area contributed by atoms with E-state index in [-0.39, 0.29) is 5.56 Å². The van der Waals surface area contributed by atoms with Gasteiger partial charge in [-0.2, -0.15) is 0 Å². The zero-order chi connectivity index (χ0) is 13.9. The normalized spacial score (nSPS) is 11.7. The number of aromatic nitrogens is 2. The lowest BCUT2D eigenvalue weighted by molar-refractivity contribution is 0.886. The van der Waals surface area contributed by atoms with Gasteiger partial charge < -0.3 is 0 Å². The van der Waals surface area contributed by atoms with E-state index in [9.17, 15) is 4.79 Å². The molecule has 0 amide bonds. The van der Waals surface area contributed by atoms with Crippen LogP contribution in [0.1, 0.15) is 0 Å². The topological polar surface area (TPSA) is 26.4 Å². The zero-order valence-corrected chi connectivity index (χ0v) is 12.4. The smallest absolute Gasteiger partial charge is 0.261 e. The number of nitrogens with zero attached hydrogens (tertiary/aromatic N) is 2. The summed E-state index contributed by atoms with van der Waals surface area (Å²) >= 11 is 3.49. The highest BCUT2D eigenvalue weighted by Gasteiger charge is 2.11. The molecule has 2 aromatic carbocycles. The number of hydrogen-bond donors (Lipinski definition) is 0. The van der Waals surface area contributed by atoms with Crippen LogP contribution in [0.3, 0.4) is 0 Å². The first kappa shape index (κ1) is 11.7. The van der Waals surface area contributed by atoms with Crippen molar-refractivity contribution in [3.63, 3.8) is 0 Å². The fourth-order valence-electron chi connectivity index (χ4n) is 2.81. The van der Waals surface area contributed by atoms with Crippen LogP contribution in [0.5, 0.6) is 0 Å². The van der Waals surface area contributed by atoms with Crippen molar-refractivity contribution in [2.24, 2.45) is 7.05 Å². The zero-order valence-electron chi connectivity index (χ0n) is 10.8. The van der Waals surface area contributed by atoms with E-state index in [0.29, 0.717) is 0 Å². The average molecular weight is 327 g/mol. The van der Waals surface area contributed by atoms with Gasteiger partial charge in [-0.05, 0) is 36.4 Å². The molecular weight excluding hydrogens is 316 g/mol. The van der Waals surface area contributed by atoms with Crippen molar-refractivity contribution in [1.82, 2.24) is 8.97 Å². The van der Waals surface area contributed by atoms with Crippen molar-refractivity contribution < 1.29 is 0 Å². The molecule has 0 saturated heterocycles. The molecule has 0 N–H and O–H groups in total. The Bertz CT molecular complexity index is 1040. The molecule has 98 valence electrons. The summed E-state index contributed by atoms with van der Waals surface area (Å²) in [5.41, 5.74) is 3.00. The van der Waals surface area contributed by atoms with E-state index in [0.717, 1.165) is 31.9 Å². The Morgan fingerprint density at radius 2 is 1.80 bits per heavy atom. The number of hydrogen-bond acceptors (Lipinski definition) is 1. The molecule has 0 aliphatic rings. The van der Waals surface area contributed by atoms with E-state index in [4.69, 9.17) is 0 Å². The van der Waals surface area contributed by atoms with Crippen LogP contribution in [-0.2, 0) is 7.05 Å². The highest BCUT2D eigenvalue weighted by atomic mass is 79.9. The van der Waals surface area contributed by atoms with Crippen LogP contribution >= 0.6 is 15.9 Å². The quantitative estimate of drug-likeness (QED) is 0.484. The molecule has 0 spiro atoms. The Hall–Kier alpha value is -2.07. The van der Waals surface area contributed by atoms with Gasteiger partial charge in [0.1, 0.15) is 5.65 Å². The van der Waals surface area contributed by atoms with Gasteiger partial charge in [0, 0.05) is 16.9 Å². The van der Waals surface area contributed by atoms with Crippen LogP contribution < -0.4 is 5.56 Å². The minimum atomic E-state index is 0.0370. The number of benzene rings is 2. The Kier molecular flexibility index (Phi) is 2.32. The van der Waals surface area contributed by atoms with E-state index in [1.807, 2.05) is 43.4 Å². The Labute approximate surface area is 123 Å². The predicted molar refractivity (Wildman–Crippen MR) is 85.4 cm³/mol. The first-order chi connectivity index (χ1) is 9.66. The summed E-state index contributed by atoms with van der Waals surface area (Å²) in [6, 6.07) is 15.9. The Morgan fingerprint density at radius 3 is 2.65 bits per heavy atom. The van der Waals surface area contributed by atoms with Crippen LogP contribution in [0.2, 0.25) is 0 Å². The van der Waals surface area contributed by atoms with Gasteiger partial charge in [0.15, 0.2) is 0 Å². The largest absolute Gasteiger partial charge is 0.297 e. The van der Waals surface area contributed by atoms with Crippen LogP contribution in [0, 0.1) is 0 Å². The van der Waals surface area contributed by atoms with Gasteiger partial charge in [-0.3, -0.25) is 13.8 Å². The molecular formula is C16H11BrN2O. The number of rotatable bonds is 0. The maximum atomic E-state index is 12.4. The first-order valence-electron chi connectivity index (χ1n) is 6.35. The number of para-hydroxylation sites is 1. The Morgan fingerprint density at radius 1 is 1.00 bits per heavy atom. The lowest BCUT2D eigenvalue weighted by Crippen LogP contribution is -2.19. The molecule has 4 aromatic rings. The minimum Gasteiger partial charge on any atom is -0.297 e. The van der Waals surface area contributed by atoms with Gasteiger partial charge in [0.05, 0.1) is 16.4 Å². The molecule has 3 nitrogen and oxygen atoms in total. The fraction of sp³-hybridized carbons (Fsp3) is 0.0625. The molecule has 0 bridgehead atoms. The van der Waals surface area contributed by atoms with Gasteiger partial charge in [0.2, 0.25) is 0 Å². The average Bonchev–Trinajstić information content (AvgIpc) is 2.83. The summed E-state index contributed by atoms with van der Waals surface area (Å²) in [5.74, 6) is 0. The molecule has 4 heteroatoms. The van der Waals surface area contributed by atoms with Crippen molar-refractivity contribution in [2.75, 3.05) is 0 Å². The van der Waals surface area contributed by atoms with Crippen molar-refractivity contribution in [3.8, 4) is 0 Å². The standard InChI is InChI=1S/C16H11BrN2O/c1-18-15-9-10-8-11(17)6-7-13(10)19(15)14-5-3-2-4-12(14)16(18)20/h2-9H,1H3. The summed E-state index contributed by atoms with van der Waals surface area (Å²) in [6.45, 7) is 0. The third-order valence-corrected chi connectivity index (χ3v) is 4.26. The van der Waals surface area contributed by atoms with Gasteiger partial charge in [0.25, 0.3) is 5.56 Å². The SMILES string of the molecule is Cn1c(=O)c2ccccc2n2c3ccc(Br)cc3cc12. The minimum absolute atomic E-state index is 0.0370. The lowest BCUT2D eigenvalue weighted by atomic mass is 10.2. The molecule has 0 aliphatic carbocycles. The van der Waals surface area contributed by atoms with E-state index in [1.54, 1.807) is 4.57 Å². The third kappa shape index (κ3) is 1.42. The number of aryl methyl sites for hydroxylation is 1. The second-order valence-corrected chi connectivity index (χ2v) is 5.84. The second kappa shape index (κ2) is 3.96. The van der Waals surface area contributed by atoms with E-state index in [1.165, 1.54) is 0 Å². The summed E-state index contributed by atoms with van der Waals surface area (Å²) in [5, 5.41) is 1.86. The number of fused-ring (bicyclic) bond motifs is 5. The molecule has 0 radical (unpaired) electrons. The van der Waals surface area contributed by atoms with Gasteiger partial charge >= 0.3 is 0 Å². The maximum Gasteiger partial charge on any atom is 0.261 e. The van der Waals surface area contributed by atoms with E-state index >= 15 is 0 Å². The van der Waals surface area contributed by atoms with Crippen LogP contribution in [0.4, 0.5) is 0 Å². The van der Waals surface area contributed by atoms with E-state index in [2.05, 4.69) is 32.5 Å². The lowest BCUT2D eigenvalue weighted by Gasteiger charge is -2.08. The number of halogens is 1. The molecule has 0 fully saturated rings. The highest BCUT2D eigenvalue weighted by molar-refractivity contribution is 9.10. The summed E-state index contributed by atoms with van der Waals surface area (Å²) in [7, 11) is 1.82. The fourth-order valence-corrected chi connectivity index (χ4v) is 3.18. The molecule has 4 rings (SSSR count). The second-order valence-electron chi connectivity index (χ2n) is 4.92. The molecule has 0 saturated carbocycles. The highest BCUT2D eigenvalue weighted by Crippen LogP contribution is 2.26. The van der Waals surface area contributed by atoms with Crippen molar-refractivity contribution in [3.05, 3.63) is 63.4 Å². The van der Waals surface area contributed by atoms with Crippen LogP contribution in [-0.4, -0.2) is 8.97 Å². The molecule has 0 aliphatic heterocycles. The summed E-state index contributed by atoms with van der Waals surface area (Å²) in [6.07, 6.45) is 0. The summed E-state index contributed by atoms with van der Waals surface area (Å²) in [4.78, 5) is 12.4. The monoisotopic (exact) mass is 326 g/mol. The molecule has 20 heavy (non-hydrogen) atoms. The maximum absolute atomic E-state index is 12.4. The van der Waals surface area contributed by atoms with Crippen LogP contribution in [0.25, 0.3) is 27.5 Å². The molecule has 0 unspecified atom stereocenters. The van der Waals surface area contributed by atoms with Crippen molar-refractivity contribution in [2.45, 2.75) is 0 Å². The van der Waals surface area contributed by atoms with Crippen molar-refractivity contribution in [1.29, 1.82) is 0 Å².